The van der Waals surface area contributed by atoms with E-state index < -0.39 is 9.84 Å². The lowest BCUT2D eigenvalue weighted by Crippen LogP contribution is -3.07. The van der Waals surface area contributed by atoms with Gasteiger partial charge >= 0.3 is 0 Å². The van der Waals surface area contributed by atoms with Gasteiger partial charge in [0, 0.05) is 23.6 Å². The number of aromatic nitrogens is 3. The van der Waals surface area contributed by atoms with Crippen molar-refractivity contribution in [3.63, 3.8) is 0 Å². The molecular formula is C16H22ClN4O2S2+. The van der Waals surface area contributed by atoms with Crippen molar-refractivity contribution in [3.05, 3.63) is 45.4 Å². The van der Waals surface area contributed by atoms with Gasteiger partial charge in [-0.25, -0.2) is 8.42 Å². The van der Waals surface area contributed by atoms with Crippen molar-refractivity contribution in [2.75, 3.05) is 18.6 Å². The first-order chi connectivity index (χ1) is 11.7. The van der Waals surface area contributed by atoms with E-state index in [9.17, 15) is 8.42 Å². The predicted octanol–water partition coefficient (Wildman–Crippen LogP) is 1.18. The molecule has 1 aromatic carbocycles. The van der Waals surface area contributed by atoms with E-state index >= 15 is 0 Å². The van der Waals surface area contributed by atoms with Crippen molar-refractivity contribution in [1.82, 2.24) is 14.3 Å². The molecule has 3 rings (SSSR count). The molecule has 2 aromatic rings. The molecule has 0 radical (unpaired) electrons. The Labute approximate surface area is 157 Å². The van der Waals surface area contributed by atoms with E-state index in [1.54, 1.807) is 4.68 Å². The number of benzene rings is 1. The van der Waals surface area contributed by atoms with Crippen LogP contribution in [0, 0.1) is 4.77 Å². The second-order valence-electron chi connectivity index (χ2n) is 6.72. The van der Waals surface area contributed by atoms with Gasteiger partial charge in [0.2, 0.25) is 4.77 Å². The third kappa shape index (κ3) is 4.31. The largest absolute Gasteiger partial charge is 0.315 e. The van der Waals surface area contributed by atoms with Gasteiger partial charge in [-0.05, 0) is 30.8 Å². The molecule has 9 heteroatoms. The van der Waals surface area contributed by atoms with Crippen molar-refractivity contribution >= 4 is 33.7 Å². The summed E-state index contributed by atoms with van der Waals surface area (Å²) in [7, 11) is 0.992. The fourth-order valence-corrected chi connectivity index (χ4v) is 5.29. The van der Waals surface area contributed by atoms with Crippen LogP contribution in [0.25, 0.3) is 0 Å². The molecule has 0 spiro atoms. The third-order valence-corrected chi connectivity index (χ3v) is 7.02. The van der Waals surface area contributed by atoms with Gasteiger partial charge in [-0.1, -0.05) is 23.7 Å². The predicted molar refractivity (Wildman–Crippen MR) is 100 cm³/mol. The molecule has 0 amide bonds. The molecule has 1 aliphatic heterocycles. The summed E-state index contributed by atoms with van der Waals surface area (Å²) in [6.45, 7) is 1.44. The summed E-state index contributed by atoms with van der Waals surface area (Å²) in [6.07, 6.45) is 0.620. The molecule has 6 nitrogen and oxygen atoms in total. The molecule has 2 atom stereocenters. The van der Waals surface area contributed by atoms with E-state index in [4.69, 9.17) is 23.8 Å². The van der Waals surface area contributed by atoms with Gasteiger partial charge in [-0.2, -0.15) is 9.78 Å². The van der Waals surface area contributed by atoms with Gasteiger partial charge in [0.25, 0.3) is 0 Å². The van der Waals surface area contributed by atoms with Gasteiger partial charge in [-0.15, -0.1) is 0 Å². The lowest BCUT2D eigenvalue weighted by molar-refractivity contribution is -0.917. The van der Waals surface area contributed by atoms with Crippen LogP contribution in [-0.2, 0) is 30.1 Å². The topological polar surface area (TPSA) is 61.3 Å². The number of hydrogen-bond acceptors (Lipinski definition) is 4. The number of nitrogens with zero attached hydrogens (tertiary/aromatic N) is 3. The van der Waals surface area contributed by atoms with Crippen LogP contribution in [0.2, 0.25) is 5.02 Å². The second kappa shape index (κ2) is 7.19. The number of nitrogens with one attached hydrogen (secondary N) is 1. The highest BCUT2D eigenvalue weighted by atomic mass is 35.5. The van der Waals surface area contributed by atoms with Gasteiger partial charge in [0.05, 0.1) is 18.6 Å². The van der Waals surface area contributed by atoms with E-state index in [1.807, 2.05) is 35.9 Å². The van der Waals surface area contributed by atoms with Crippen LogP contribution < -0.4 is 4.90 Å². The average Bonchev–Trinajstić information content (AvgIpc) is 3.04. The van der Waals surface area contributed by atoms with Gasteiger partial charge in [0.15, 0.2) is 16.5 Å². The zero-order chi connectivity index (χ0) is 18.2. The minimum absolute atomic E-state index is 0.0606. The lowest BCUT2D eigenvalue weighted by Gasteiger charge is -2.13. The van der Waals surface area contributed by atoms with Gasteiger partial charge in [-0.3, -0.25) is 0 Å². The molecule has 0 aliphatic carbocycles. The zero-order valence-electron chi connectivity index (χ0n) is 14.3. The van der Waals surface area contributed by atoms with Crippen LogP contribution in [0.15, 0.2) is 24.3 Å². The Kier molecular flexibility index (Phi) is 5.34. The second-order valence-corrected chi connectivity index (χ2v) is 9.75. The number of rotatable bonds is 5. The molecule has 0 bridgehead atoms. The van der Waals surface area contributed by atoms with Crippen molar-refractivity contribution in [1.29, 1.82) is 0 Å². The van der Waals surface area contributed by atoms with E-state index in [0.29, 0.717) is 17.9 Å². The Hall–Kier alpha value is -1.22. The molecule has 1 unspecified atom stereocenters. The number of quaternary nitrogens is 1. The molecule has 1 saturated heterocycles. The summed E-state index contributed by atoms with van der Waals surface area (Å²) in [4.78, 5) is 1.22. The number of halogens is 1. The first-order valence-corrected chi connectivity index (χ1v) is 10.8. The van der Waals surface area contributed by atoms with Crippen LogP contribution >= 0.6 is 23.8 Å². The monoisotopic (exact) mass is 401 g/mol. The smallest absolute Gasteiger partial charge is 0.202 e. The Morgan fingerprint density at radius 1 is 1.36 bits per heavy atom. The van der Waals surface area contributed by atoms with E-state index in [1.165, 1.54) is 10.5 Å². The average molecular weight is 402 g/mol. The minimum atomic E-state index is -2.94. The van der Waals surface area contributed by atoms with Crippen LogP contribution in [0.3, 0.4) is 0 Å². The summed E-state index contributed by atoms with van der Waals surface area (Å²) in [5, 5.41) is 5.35. The highest BCUT2D eigenvalue weighted by molar-refractivity contribution is 7.91. The Morgan fingerprint density at radius 2 is 2.04 bits per heavy atom. The van der Waals surface area contributed by atoms with Crippen molar-refractivity contribution in [2.45, 2.75) is 25.6 Å². The fraction of sp³-hybridized carbons (Fsp3) is 0.500. The standard InChI is InChI=1S/C16H21ClN4O2S2/c1-19(9-12-3-5-14(17)6-4-12)11-21-16(24)20(2)15(18-21)13-7-8-25(22,23)10-13/h3-6,13H,7-11H2,1-2H3/p+1/t13-/m0/s1. The summed E-state index contributed by atoms with van der Waals surface area (Å²) in [5.74, 6) is 1.11. The normalized spacial score (nSPS) is 20.7. The third-order valence-electron chi connectivity index (χ3n) is 4.51. The maximum absolute atomic E-state index is 11.7. The van der Waals surface area contributed by atoms with E-state index in [0.717, 1.165) is 17.4 Å². The highest BCUT2D eigenvalue weighted by Crippen LogP contribution is 2.27. The summed E-state index contributed by atoms with van der Waals surface area (Å²) in [6, 6.07) is 7.79. The maximum Gasteiger partial charge on any atom is 0.202 e. The van der Waals surface area contributed by atoms with Crippen molar-refractivity contribution in [2.24, 2.45) is 7.05 Å². The van der Waals surface area contributed by atoms with Crippen molar-refractivity contribution < 1.29 is 13.3 Å². The lowest BCUT2D eigenvalue weighted by atomic mass is 10.1. The van der Waals surface area contributed by atoms with Crippen LogP contribution in [0.1, 0.15) is 23.7 Å². The Balaban J connectivity index is 1.73. The molecule has 1 aliphatic rings. The molecule has 136 valence electrons. The summed E-state index contributed by atoms with van der Waals surface area (Å²) in [5.41, 5.74) is 1.19. The summed E-state index contributed by atoms with van der Waals surface area (Å²) < 4.78 is 27.7. The first kappa shape index (κ1) is 18.6. The van der Waals surface area contributed by atoms with Crippen LogP contribution in [-0.4, -0.2) is 41.3 Å². The molecule has 1 fully saturated rings. The Bertz CT molecular complexity index is 919. The molecule has 25 heavy (non-hydrogen) atoms. The van der Waals surface area contributed by atoms with E-state index in [2.05, 4.69) is 12.1 Å². The molecule has 2 heterocycles. The highest BCUT2D eigenvalue weighted by Gasteiger charge is 2.32. The molecular weight excluding hydrogens is 380 g/mol. The maximum atomic E-state index is 11.7. The van der Waals surface area contributed by atoms with E-state index in [-0.39, 0.29) is 17.4 Å². The van der Waals surface area contributed by atoms with Gasteiger partial charge < -0.3 is 9.47 Å². The SMILES string of the molecule is Cn1c([C@H]2CCS(=O)(=O)C2)nn(C[NH+](C)Cc2ccc(Cl)cc2)c1=S. The van der Waals surface area contributed by atoms with Crippen molar-refractivity contribution in [3.8, 4) is 0 Å². The number of hydrogen-bond donors (Lipinski definition) is 1. The Morgan fingerprint density at radius 3 is 2.64 bits per heavy atom. The molecule has 1 N–H and O–H groups in total. The molecule has 1 aromatic heterocycles. The minimum Gasteiger partial charge on any atom is -0.315 e. The molecule has 0 saturated carbocycles. The fourth-order valence-electron chi connectivity index (χ4n) is 3.22. The quantitative estimate of drug-likeness (QED) is 0.764. The zero-order valence-corrected chi connectivity index (χ0v) is 16.7. The van der Waals surface area contributed by atoms with Crippen LogP contribution in [0.4, 0.5) is 0 Å². The number of sulfone groups is 1. The summed E-state index contributed by atoms with van der Waals surface area (Å²) >= 11 is 11.4. The first-order valence-electron chi connectivity index (χ1n) is 8.15. The van der Waals surface area contributed by atoms with Crippen LogP contribution in [0.5, 0.6) is 0 Å². The van der Waals surface area contributed by atoms with Gasteiger partial charge in [0.1, 0.15) is 12.4 Å².